The molecule has 8 heteroatoms. The Labute approximate surface area is 171 Å². The molecule has 0 saturated carbocycles. The monoisotopic (exact) mass is 398 g/mol. The molecule has 0 spiro atoms. The van der Waals surface area contributed by atoms with E-state index in [1.54, 1.807) is 29.4 Å². The second kappa shape index (κ2) is 8.42. The highest BCUT2D eigenvalue weighted by molar-refractivity contribution is 5.97. The maximum atomic E-state index is 13.4. The molecule has 3 aliphatic heterocycles. The molecule has 4 heterocycles. The average Bonchev–Trinajstić information content (AvgIpc) is 3.25. The normalized spacial score (nSPS) is 25.2. The van der Waals surface area contributed by atoms with E-state index in [1.807, 2.05) is 17.0 Å². The van der Waals surface area contributed by atoms with Crippen LogP contribution in [-0.4, -0.2) is 89.4 Å². The number of allylic oxidation sites excluding steroid dienone is 1. The van der Waals surface area contributed by atoms with Gasteiger partial charge in [0.1, 0.15) is 18.3 Å². The molecule has 154 valence electrons. The molecule has 1 unspecified atom stereocenters. The molecule has 0 aliphatic carbocycles. The number of rotatable bonds is 4. The summed E-state index contributed by atoms with van der Waals surface area (Å²) >= 11 is 0. The lowest BCUT2D eigenvalue weighted by atomic mass is 10.0. The van der Waals surface area contributed by atoms with Gasteiger partial charge in [-0.3, -0.25) is 14.6 Å². The first kappa shape index (κ1) is 19.7. The molecule has 0 radical (unpaired) electrons. The summed E-state index contributed by atoms with van der Waals surface area (Å²) in [4.78, 5) is 33.7. The summed E-state index contributed by atoms with van der Waals surface area (Å²) in [6.45, 7) is 6.33. The molecule has 29 heavy (non-hydrogen) atoms. The molecule has 2 fully saturated rings. The van der Waals surface area contributed by atoms with Crippen LogP contribution in [-0.2, 0) is 9.53 Å². The van der Waals surface area contributed by atoms with Gasteiger partial charge in [-0.25, -0.2) is 0 Å². The maximum Gasteiger partial charge on any atom is 0.310 e. The summed E-state index contributed by atoms with van der Waals surface area (Å²) in [5.74, 6) is -0.0530. The number of carbonyl (C=O) groups is 2. The van der Waals surface area contributed by atoms with Gasteiger partial charge in [-0.15, -0.1) is 0 Å². The summed E-state index contributed by atoms with van der Waals surface area (Å²) < 4.78 is 5.88. The molecule has 0 bridgehead atoms. The largest absolute Gasteiger partial charge is 0.381 e. The molecule has 1 aromatic rings. The van der Waals surface area contributed by atoms with Crippen LogP contribution in [0.3, 0.4) is 0 Å². The van der Waals surface area contributed by atoms with E-state index >= 15 is 0 Å². The van der Waals surface area contributed by atoms with E-state index in [9.17, 15) is 9.59 Å². The smallest absolute Gasteiger partial charge is 0.310 e. The van der Waals surface area contributed by atoms with Crippen molar-refractivity contribution < 1.29 is 18.9 Å². The number of pyridine rings is 1. The van der Waals surface area contributed by atoms with Crippen molar-refractivity contribution in [1.82, 2.24) is 14.8 Å². The van der Waals surface area contributed by atoms with Gasteiger partial charge >= 0.3 is 5.91 Å². The maximum absolute atomic E-state index is 13.4. The summed E-state index contributed by atoms with van der Waals surface area (Å²) in [5, 5.41) is 4.73. The van der Waals surface area contributed by atoms with Crippen LogP contribution in [0.2, 0.25) is 0 Å². The third-order valence-corrected chi connectivity index (χ3v) is 6.16. The Bertz CT molecular complexity index is 811. The van der Waals surface area contributed by atoms with Gasteiger partial charge in [-0.2, -0.15) is 4.59 Å². The Morgan fingerprint density at radius 2 is 1.79 bits per heavy atom. The van der Waals surface area contributed by atoms with Gasteiger partial charge in [0.15, 0.2) is 0 Å². The first-order chi connectivity index (χ1) is 14.2. The quantitative estimate of drug-likeness (QED) is 0.716. The fourth-order valence-corrected chi connectivity index (χ4v) is 4.49. The van der Waals surface area contributed by atoms with Crippen LogP contribution in [0, 0.1) is 0 Å². The van der Waals surface area contributed by atoms with E-state index in [-0.39, 0.29) is 17.9 Å². The zero-order valence-electron chi connectivity index (χ0n) is 16.9. The van der Waals surface area contributed by atoms with Crippen molar-refractivity contribution in [3.05, 3.63) is 41.9 Å². The lowest BCUT2D eigenvalue weighted by molar-refractivity contribution is -0.916. The molecule has 1 atom stereocenters. The Kier molecular flexibility index (Phi) is 5.73. The summed E-state index contributed by atoms with van der Waals surface area (Å²) in [6.07, 6.45) is 7.07. The van der Waals surface area contributed by atoms with Crippen molar-refractivity contribution in [3.63, 3.8) is 0 Å². The average molecular weight is 398 g/mol. The number of ether oxygens (including phenoxy) is 1. The van der Waals surface area contributed by atoms with Crippen molar-refractivity contribution in [2.75, 3.05) is 45.9 Å². The fraction of sp³-hybridized carbons (Fsp3) is 0.524. The van der Waals surface area contributed by atoms with Gasteiger partial charge in [0.2, 0.25) is 5.70 Å². The zero-order valence-corrected chi connectivity index (χ0v) is 16.9. The second-order valence-corrected chi connectivity index (χ2v) is 7.60. The predicted octanol–water partition coefficient (Wildman–Crippen LogP) is 1.26. The van der Waals surface area contributed by atoms with Crippen molar-refractivity contribution in [2.24, 2.45) is 5.10 Å². The predicted molar refractivity (Wildman–Crippen MR) is 108 cm³/mol. The standard InChI is InChI=1S/C21H28N5O3/c1-2-26(17-7-15-29-16-8-17)19(6-10-23-26)21(28)25-13-11-24(12-14-25)20(27)18-5-3-4-9-22-18/h3-6,9-10,17H,2,7-8,11-16H2,1H3/q+1. The van der Waals surface area contributed by atoms with E-state index in [2.05, 4.69) is 11.9 Å². The Morgan fingerprint density at radius 3 is 2.41 bits per heavy atom. The van der Waals surface area contributed by atoms with Crippen LogP contribution in [0.5, 0.6) is 0 Å². The minimum Gasteiger partial charge on any atom is -0.381 e. The molecule has 2 amide bonds. The van der Waals surface area contributed by atoms with E-state index in [0.29, 0.717) is 36.5 Å². The van der Waals surface area contributed by atoms with Gasteiger partial charge in [0.25, 0.3) is 5.91 Å². The van der Waals surface area contributed by atoms with E-state index in [4.69, 9.17) is 9.84 Å². The Balaban J connectivity index is 1.42. The molecule has 0 N–H and O–H groups in total. The topological polar surface area (TPSA) is 75.1 Å². The Morgan fingerprint density at radius 1 is 1.10 bits per heavy atom. The molecule has 8 nitrogen and oxygen atoms in total. The Hall–Kier alpha value is -2.58. The third-order valence-electron chi connectivity index (χ3n) is 6.16. The second-order valence-electron chi connectivity index (χ2n) is 7.60. The number of carbonyl (C=O) groups excluding carboxylic acids is 2. The van der Waals surface area contributed by atoms with Crippen molar-refractivity contribution in [3.8, 4) is 0 Å². The van der Waals surface area contributed by atoms with E-state index < -0.39 is 0 Å². The van der Waals surface area contributed by atoms with Crippen LogP contribution in [0.15, 0.2) is 41.3 Å². The van der Waals surface area contributed by atoms with Gasteiger partial charge in [0.05, 0.1) is 19.4 Å². The SMILES string of the molecule is CC[N+]1(C2CCOCC2)N=CC=C1C(=O)N1CCN(C(=O)c2ccccn2)CC1. The van der Waals surface area contributed by atoms with Gasteiger partial charge in [-0.1, -0.05) is 11.2 Å². The molecular weight excluding hydrogens is 370 g/mol. The fourth-order valence-electron chi connectivity index (χ4n) is 4.49. The minimum absolute atomic E-state index is 0.0285. The molecular formula is C21H28N5O3+. The number of likely N-dealkylation sites (N-methyl/N-ethyl adjacent to an activating group) is 1. The first-order valence-electron chi connectivity index (χ1n) is 10.4. The van der Waals surface area contributed by atoms with Crippen molar-refractivity contribution in [2.45, 2.75) is 25.8 Å². The zero-order chi connectivity index (χ0) is 20.3. The van der Waals surface area contributed by atoms with Crippen LogP contribution in [0.1, 0.15) is 30.3 Å². The molecule has 0 aromatic carbocycles. The van der Waals surface area contributed by atoms with E-state index in [0.717, 1.165) is 38.3 Å². The third kappa shape index (κ3) is 3.70. The minimum atomic E-state index is -0.0815. The summed E-state index contributed by atoms with van der Waals surface area (Å²) in [7, 11) is 0. The van der Waals surface area contributed by atoms with Gasteiger partial charge < -0.3 is 14.5 Å². The molecule has 2 saturated heterocycles. The first-order valence-corrected chi connectivity index (χ1v) is 10.4. The van der Waals surface area contributed by atoms with Crippen molar-refractivity contribution >= 4 is 18.0 Å². The van der Waals surface area contributed by atoms with Crippen LogP contribution < -0.4 is 0 Å². The number of hydrogen-bond donors (Lipinski definition) is 0. The lowest BCUT2D eigenvalue weighted by Gasteiger charge is -2.41. The number of aromatic nitrogens is 1. The number of hydrogen-bond acceptors (Lipinski definition) is 5. The van der Waals surface area contributed by atoms with Gasteiger partial charge in [-0.05, 0) is 19.1 Å². The lowest BCUT2D eigenvalue weighted by Crippen LogP contribution is -2.57. The van der Waals surface area contributed by atoms with Gasteiger partial charge in [0, 0.05) is 51.3 Å². The highest BCUT2D eigenvalue weighted by atomic mass is 16.5. The number of amides is 2. The molecule has 1 aromatic heterocycles. The highest BCUT2D eigenvalue weighted by Crippen LogP contribution is 2.33. The summed E-state index contributed by atoms with van der Waals surface area (Å²) in [5.41, 5.74) is 1.18. The van der Waals surface area contributed by atoms with E-state index in [1.165, 1.54) is 0 Å². The summed E-state index contributed by atoms with van der Waals surface area (Å²) in [6, 6.07) is 5.60. The number of quaternary nitrogens is 1. The van der Waals surface area contributed by atoms with Crippen LogP contribution in [0.25, 0.3) is 0 Å². The molecule has 3 aliphatic rings. The number of piperazine rings is 1. The molecule has 4 rings (SSSR count). The number of nitrogens with zero attached hydrogens (tertiary/aromatic N) is 5. The highest BCUT2D eigenvalue weighted by Gasteiger charge is 2.47. The van der Waals surface area contributed by atoms with Crippen LogP contribution >= 0.6 is 0 Å². The van der Waals surface area contributed by atoms with Crippen molar-refractivity contribution in [1.29, 1.82) is 0 Å². The van der Waals surface area contributed by atoms with Crippen LogP contribution in [0.4, 0.5) is 0 Å².